The SMILES string of the molecule is C=N/C=C\N(Cc1ccccc1)c1ccc2c(c1)c1ccccc1n2-c1ccccc1. The Kier molecular flexibility index (Phi) is 5.07. The van der Waals surface area contributed by atoms with Gasteiger partial charge >= 0.3 is 0 Å². The maximum absolute atomic E-state index is 3.92. The fourth-order valence-corrected chi connectivity index (χ4v) is 4.13. The summed E-state index contributed by atoms with van der Waals surface area (Å²) in [4.78, 5) is 6.13. The van der Waals surface area contributed by atoms with Gasteiger partial charge in [0.25, 0.3) is 0 Å². The highest BCUT2D eigenvalue weighted by Crippen LogP contribution is 2.34. The summed E-state index contributed by atoms with van der Waals surface area (Å²) < 4.78 is 2.33. The predicted octanol–water partition coefficient (Wildman–Crippen LogP) is 6.96. The van der Waals surface area contributed by atoms with Gasteiger partial charge < -0.3 is 9.47 Å². The van der Waals surface area contributed by atoms with Crippen molar-refractivity contribution in [1.82, 2.24) is 4.57 Å². The van der Waals surface area contributed by atoms with Gasteiger partial charge in [-0.15, -0.1) is 0 Å². The van der Waals surface area contributed by atoms with Crippen molar-refractivity contribution in [1.29, 1.82) is 0 Å². The minimum atomic E-state index is 0.760. The number of para-hydroxylation sites is 2. The van der Waals surface area contributed by atoms with Crippen LogP contribution in [0, 0.1) is 0 Å². The zero-order valence-electron chi connectivity index (χ0n) is 17.2. The lowest BCUT2D eigenvalue weighted by atomic mass is 10.1. The molecule has 31 heavy (non-hydrogen) atoms. The Balaban J connectivity index is 1.68. The van der Waals surface area contributed by atoms with Gasteiger partial charge in [0.15, 0.2) is 0 Å². The molecule has 1 heterocycles. The molecule has 0 unspecified atom stereocenters. The van der Waals surface area contributed by atoms with Gasteiger partial charge in [0.2, 0.25) is 0 Å². The summed E-state index contributed by atoms with van der Waals surface area (Å²) in [5.74, 6) is 0. The Morgan fingerprint density at radius 1 is 0.742 bits per heavy atom. The molecular formula is C28H23N3. The molecule has 0 saturated heterocycles. The number of nitrogens with zero attached hydrogens (tertiary/aromatic N) is 3. The molecule has 0 bridgehead atoms. The molecule has 0 aliphatic heterocycles. The van der Waals surface area contributed by atoms with Crippen LogP contribution in [0.3, 0.4) is 0 Å². The van der Waals surface area contributed by atoms with Gasteiger partial charge in [-0.25, -0.2) is 0 Å². The van der Waals surface area contributed by atoms with Gasteiger partial charge in [0.1, 0.15) is 0 Å². The first-order chi connectivity index (χ1) is 15.3. The number of hydrogen-bond acceptors (Lipinski definition) is 2. The van der Waals surface area contributed by atoms with Gasteiger partial charge in [-0.05, 0) is 48.7 Å². The van der Waals surface area contributed by atoms with E-state index in [4.69, 9.17) is 0 Å². The fourth-order valence-electron chi connectivity index (χ4n) is 4.13. The van der Waals surface area contributed by atoms with E-state index in [1.54, 1.807) is 6.20 Å². The van der Waals surface area contributed by atoms with Crippen molar-refractivity contribution in [2.45, 2.75) is 6.54 Å². The smallest absolute Gasteiger partial charge is 0.0542 e. The highest BCUT2D eigenvalue weighted by atomic mass is 15.1. The summed E-state index contributed by atoms with van der Waals surface area (Å²) in [5.41, 5.74) is 5.92. The molecule has 0 spiro atoms. The second kappa shape index (κ2) is 8.33. The predicted molar refractivity (Wildman–Crippen MR) is 132 cm³/mol. The molecule has 4 aromatic carbocycles. The Morgan fingerprint density at radius 3 is 2.19 bits per heavy atom. The van der Waals surface area contributed by atoms with Crippen molar-refractivity contribution in [2.24, 2.45) is 4.99 Å². The average molecular weight is 402 g/mol. The molecule has 0 atom stereocenters. The van der Waals surface area contributed by atoms with Crippen LogP contribution in [-0.2, 0) is 6.54 Å². The lowest BCUT2D eigenvalue weighted by Gasteiger charge is -2.21. The van der Waals surface area contributed by atoms with Crippen LogP contribution in [-0.4, -0.2) is 11.3 Å². The first-order valence-electron chi connectivity index (χ1n) is 10.4. The normalized spacial score (nSPS) is 11.4. The van der Waals surface area contributed by atoms with E-state index in [0.29, 0.717) is 0 Å². The summed E-state index contributed by atoms with van der Waals surface area (Å²) in [6, 6.07) is 36.2. The average Bonchev–Trinajstić information content (AvgIpc) is 3.17. The van der Waals surface area contributed by atoms with Gasteiger partial charge in [0, 0.05) is 41.1 Å². The summed E-state index contributed by atoms with van der Waals surface area (Å²) >= 11 is 0. The Morgan fingerprint density at radius 2 is 1.42 bits per heavy atom. The van der Waals surface area contributed by atoms with Crippen LogP contribution in [0.2, 0.25) is 0 Å². The van der Waals surface area contributed by atoms with E-state index >= 15 is 0 Å². The van der Waals surface area contributed by atoms with Crippen molar-refractivity contribution >= 4 is 34.2 Å². The first kappa shape index (κ1) is 18.9. The van der Waals surface area contributed by atoms with E-state index in [2.05, 4.69) is 118 Å². The van der Waals surface area contributed by atoms with E-state index in [1.807, 2.05) is 12.3 Å². The summed E-state index contributed by atoms with van der Waals surface area (Å²) in [5, 5.41) is 2.48. The molecule has 150 valence electrons. The van der Waals surface area contributed by atoms with E-state index in [9.17, 15) is 0 Å². The Hall–Kier alpha value is -4.11. The van der Waals surface area contributed by atoms with Gasteiger partial charge in [-0.2, -0.15) is 0 Å². The highest BCUT2D eigenvalue weighted by molar-refractivity contribution is 6.10. The molecule has 1 aromatic heterocycles. The minimum absolute atomic E-state index is 0.760. The second-order valence-electron chi connectivity index (χ2n) is 7.48. The third-order valence-corrected chi connectivity index (χ3v) is 5.55. The van der Waals surface area contributed by atoms with Crippen LogP contribution in [0.5, 0.6) is 0 Å². The number of benzene rings is 4. The Labute approximate surface area is 182 Å². The molecule has 0 aliphatic carbocycles. The molecule has 0 fully saturated rings. The van der Waals surface area contributed by atoms with E-state index in [-0.39, 0.29) is 0 Å². The molecule has 3 heteroatoms. The number of anilines is 1. The zero-order chi connectivity index (χ0) is 21.0. The lowest BCUT2D eigenvalue weighted by molar-refractivity contribution is 0.966. The molecule has 0 aliphatic rings. The number of hydrogen-bond donors (Lipinski definition) is 0. The molecule has 0 radical (unpaired) electrons. The third-order valence-electron chi connectivity index (χ3n) is 5.55. The maximum Gasteiger partial charge on any atom is 0.0542 e. The van der Waals surface area contributed by atoms with E-state index in [0.717, 1.165) is 12.2 Å². The summed E-state index contributed by atoms with van der Waals surface area (Å²) in [6.07, 6.45) is 3.72. The minimum Gasteiger partial charge on any atom is -0.342 e. The first-order valence-corrected chi connectivity index (χ1v) is 10.4. The topological polar surface area (TPSA) is 20.5 Å². The quantitative estimate of drug-likeness (QED) is 0.282. The standard InChI is InChI=1S/C28H23N3/c1-29-18-19-30(21-22-10-4-2-5-11-22)24-16-17-28-26(20-24)25-14-8-9-15-27(25)31(28)23-12-6-3-7-13-23/h2-20H,1,21H2/b19-18-. The molecule has 0 N–H and O–H groups in total. The number of fused-ring (bicyclic) bond motifs is 3. The van der Waals surface area contributed by atoms with Crippen molar-refractivity contribution in [2.75, 3.05) is 4.90 Å². The van der Waals surface area contributed by atoms with Crippen molar-refractivity contribution in [3.8, 4) is 5.69 Å². The van der Waals surface area contributed by atoms with Crippen molar-refractivity contribution in [3.63, 3.8) is 0 Å². The fraction of sp³-hybridized carbons (Fsp3) is 0.0357. The highest BCUT2D eigenvalue weighted by Gasteiger charge is 2.14. The number of rotatable bonds is 6. The van der Waals surface area contributed by atoms with Crippen LogP contribution in [0.4, 0.5) is 5.69 Å². The van der Waals surface area contributed by atoms with Crippen LogP contribution < -0.4 is 4.90 Å². The molecule has 5 rings (SSSR count). The van der Waals surface area contributed by atoms with Crippen LogP contribution in [0.1, 0.15) is 5.56 Å². The van der Waals surface area contributed by atoms with Gasteiger partial charge in [0.05, 0.1) is 11.0 Å². The monoisotopic (exact) mass is 401 g/mol. The summed E-state index contributed by atoms with van der Waals surface area (Å²) in [6.45, 7) is 4.35. The largest absolute Gasteiger partial charge is 0.342 e. The number of aliphatic imine (C=N–C) groups is 1. The van der Waals surface area contributed by atoms with Crippen LogP contribution >= 0.6 is 0 Å². The van der Waals surface area contributed by atoms with E-state index < -0.39 is 0 Å². The number of aromatic nitrogens is 1. The Bertz CT molecular complexity index is 1370. The molecule has 3 nitrogen and oxygen atoms in total. The van der Waals surface area contributed by atoms with Crippen LogP contribution in [0.25, 0.3) is 27.5 Å². The van der Waals surface area contributed by atoms with Gasteiger partial charge in [-0.3, -0.25) is 4.99 Å². The third kappa shape index (κ3) is 3.62. The zero-order valence-corrected chi connectivity index (χ0v) is 17.2. The molecule has 5 aromatic rings. The second-order valence-corrected chi connectivity index (χ2v) is 7.48. The van der Waals surface area contributed by atoms with Crippen molar-refractivity contribution in [3.05, 3.63) is 121 Å². The van der Waals surface area contributed by atoms with Gasteiger partial charge in [-0.1, -0.05) is 66.7 Å². The van der Waals surface area contributed by atoms with Crippen molar-refractivity contribution < 1.29 is 0 Å². The lowest BCUT2D eigenvalue weighted by Crippen LogP contribution is -2.15. The van der Waals surface area contributed by atoms with Crippen LogP contribution in [0.15, 0.2) is 121 Å². The molecular weight excluding hydrogens is 378 g/mol. The maximum atomic E-state index is 3.92. The van der Waals surface area contributed by atoms with E-state index in [1.165, 1.54) is 33.1 Å². The molecule has 0 amide bonds. The summed E-state index contributed by atoms with van der Waals surface area (Å²) in [7, 11) is 0. The molecule has 0 saturated carbocycles.